The van der Waals surface area contributed by atoms with Crippen molar-refractivity contribution in [2.45, 2.75) is 176 Å². The summed E-state index contributed by atoms with van der Waals surface area (Å²) in [5.41, 5.74) is 17.9. The molecule has 0 spiro atoms. The summed E-state index contributed by atoms with van der Waals surface area (Å²) in [5.74, 6) is 1.70. The maximum atomic E-state index is 13.9. The first-order valence-corrected chi connectivity index (χ1v) is 32.8. The summed E-state index contributed by atoms with van der Waals surface area (Å²) in [4.78, 5) is 54.2. The molecule has 0 saturated heterocycles. The van der Waals surface area contributed by atoms with Crippen molar-refractivity contribution in [2.75, 3.05) is 24.7 Å². The normalized spacial score (nSPS) is 26.3. The van der Waals surface area contributed by atoms with Gasteiger partial charge in [0.15, 0.2) is 0 Å². The Kier molecular flexibility index (Phi) is 23.2. The van der Waals surface area contributed by atoms with Crippen LogP contribution in [0.5, 0.6) is 0 Å². The predicted octanol–water partition coefficient (Wildman–Crippen LogP) is 15.4. The lowest BCUT2D eigenvalue weighted by molar-refractivity contribution is -0.165. The molecule has 10 nitrogen and oxygen atoms in total. The topological polar surface area (TPSA) is 157 Å². The Morgan fingerprint density at radius 3 is 2.11 bits per heavy atom. The van der Waals surface area contributed by atoms with Gasteiger partial charge in [-0.1, -0.05) is 79.4 Å². The van der Waals surface area contributed by atoms with Crippen LogP contribution in [0.1, 0.15) is 168 Å². The van der Waals surface area contributed by atoms with Crippen LogP contribution in [0.15, 0.2) is 23.8 Å². The number of nitrogen functional groups attached to an aromatic ring is 2. The zero-order valence-electron chi connectivity index (χ0n) is 43.1. The molecule has 0 bridgehead atoms. The van der Waals surface area contributed by atoms with Crippen LogP contribution in [0, 0.1) is 73.7 Å². The van der Waals surface area contributed by atoms with E-state index in [-0.39, 0.29) is 44.0 Å². The molecule has 0 amide bonds. The van der Waals surface area contributed by atoms with E-state index < -0.39 is 41.8 Å². The van der Waals surface area contributed by atoms with Gasteiger partial charge in [0.1, 0.15) is 18.8 Å². The molecular weight excluding hydrogens is 1590 g/mol. The first-order chi connectivity index (χ1) is 34.0. The Balaban J connectivity index is 1.03. The van der Waals surface area contributed by atoms with Crippen molar-refractivity contribution in [3.63, 3.8) is 0 Å². The monoisotopic (exact) mass is 1670 g/mol. The second-order valence-electron chi connectivity index (χ2n) is 22.1. The molecule has 4 aliphatic rings. The molecule has 4 N–H and O–H groups in total. The maximum Gasteiger partial charge on any atom is 0.313 e. The fraction of sp³-hybridized carbons (Fsp3) is 0.679. The van der Waals surface area contributed by atoms with Crippen LogP contribution < -0.4 is 11.5 Å². The van der Waals surface area contributed by atoms with Crippen LogP contribution in [-0.4, -0.2) is 49.3 Å². The van der Waals surface area contributed by atoms with Crippen molar-refractivity contribution in [3.05, 3.63) is 56.3 Å². The van der Waals surface area contributed by atoms with Gasteiger partial charge in [0.2, 0.25) is 0 Å². The number of hydrogen-bond acceptors (Lipinski definition) is 10. The fourth-order valence-corrected chi connectivity index (χ4v) is 21.1. The Morgan fingerprint density at radius 2 is 1.43 bits per heavy atom. The van der Waals surface area contributed by atoms with E-state index in [0.29, 0.717) is 42.0 Å². The summed E-state index contributed by atoms with van der Waals surface area (Å²) in [6.45, 7) is 15.9. The number of anilines is 2. The molecule has 0 heterocycles. The lowest BCUT2D eigenvalue weighted by Crippen LogP contribution is -2.51. The predicted molar refractivity (Wildman–Crippen MR) is 337 cm³/mol. The van der Waals surface area contributed by atoms with Gasteiger partial charge >= 0.3 is 23.9 Å². The first-order valence-electron chi connectivity index (χ1n) is 26.3. The lowest BCUT2D eigenvalue weighted by atomic mass is 9.47. The van der Waals surface area contributed by atoms with E-state index in [4.69, 9.17) is 30.4 Å². The summed E-state index contributed by atoms with van der Waals surface area (Å²) in [5, 5.41) is 0. The highest BCUT2D eigenvalue weighted by molar-refractivity contribution is 14.1. The van der Waals surface area contributed by atoms with Crippen molar-refractivity contribution in [2.24, 2.45) is 52.3 Å². The molecular formula is C56H76I6N2O8. The van der Waals surface area contributed by atoms with Crippen LogP contribution in [0.2, 0.25) is 0 Å². The number of rotatable bonds is 22. The van der Waals surface area contributed by atoms with E-state index >= 15 is 0 Å². The van der Waals surface area contributed by atoms with Crippen LogP contribution in [0.3, 0.4) is 0 Å². The Hall–Kier alpha value is 0.0400. The third-order valence-electron chi connectivity index (χ3n) is 17.3. The molecule has 3 saturated carbocycles. The number of esters is 4. The minimum absolute atomic E-state index is 0.0684. The molecule has 3 fully saturated rings. The van der Waals surface area contributed by atoms with Crippen molar-refractivity contribution >= 4 is 171 Å². The van der Waals surface area contributed by atoms with Gasteiger partial charge in [-0.3, -0.25) is 19.2 Å². The summed E-state index contributed by atoms with van der Waals surface area (Å²) in [7, 11) is 0. The summed E-state index contributed by atoms with van der Waals surface area (Å²) in [6.07, 6.45) is 15.8. The number of fused-ring (bicyclic) bond motifs is 5. The van der Waals surface area contributed by atoms with Gasteiger partial charge in [-0.25, -0.2) is 0 Å². The number of hydrogen-bond donors (Lipinski definition) is 2. The van der Waals surface area contributed by atoms with Gasteiger partial charge < -0.3 is 30.4 Å². The largest absolute Gasteiger partial charge is 0.465 e. The van der Waals surface area contributed by atoms with Crippen molar-refractivity contribution < 1.29 is 38.1 Å². The number of halogens is 6. The summed E-state index contributed by atoms with van der Waals surface area (Å²) >= 11 is 13.3. The highest BCUT2D eigenvalue weighted by Gasteiger charge is 2.59. The third-order valence-corrected chi connectivity index (χ3v) is 23.4. The van der Waals surface area contributed by atoms with Gasteiger partial charge in [-0.05, 0) is 269 Å². The number of carbonyl (C=O) groups is 4. The van der Waals surface area contributed by atoms with Crippen LogP contribution in [0.25, 0.3) is 0 Å². The molecule has 16 heteroatoms. The van der Waals surface area contributed by atoms with Gasteiger partial charge in [-0.15, -0.1) is 0 Å². The number of ether oxygens (including phenoxy) is 4. The SMILES string of the molecule is CCC(Cc1c(I)cc(I)c(N)c1I)C(=O)O[C@@H](CCOC(=O)C(CC)c1c(I)cc(I)c(N)c1I)COC(=O)CCC(=O)O[C@H]1CC[C@@]2(C)C(=CCC3C2CC[C@@]2(C)C3CC[C@@H]2[C@H](C)CCCC(C)C)C1. The minimum atomic E-state index is -0.902. The van der Waals surface area contributed by atoms with E-state index in [1.807, 2.05) is 26.0 Å². The standard InChI is InChI=1S/C56H76I6N2O8/c1-8-32(25-38-42(57)27-44(59)51(63)49(38)61)53(67)72-35(21-24-69-54(68)36(9-2)48-43(58)28-45(60)52(64)50(48)62)29-70-46(65)17-18-47(66)71-34-19-22-55(6)33(26-34)13-14-37-40-16-15-39(31(5)12-10-11-30(3)4)56(40,7)23-20-41(37)55/h13,27-28,30-32,34-37,39-41H,8-12,14-26,29,63-64H2,1-7H3/t31-,32?,34+,35+,36?,37?,39-,40?,41?,55+,56-/m1/s1. The van der Waals surface area contributed by atoms with Crippen molar-refractivity contribution in [1.29, 1.82) is 0 Å². The van der Waals surface area contributed by atoms with Crippen molar-refractivity contribution in [1.82, 2.24) is 0 Å². The third kappa shape index (κ3) is 14.4. The van der Waals surface area contributed by atoms with Gasteiger partial charge in [0.25, 0.3) is 0 Å². The average molecular weight is 1670 g/mol. The Bertz CT molecular complexity index is 2330. The zero-order chi connectivity index (χ0) is 52.8. The maximum absolute atomic E-state index is 13.9. The molecule has 2 aromatic carbocycles. The second-order valence-corrected chi connectivity index (χ2v) is 28.9. The second kappa shape index (κ2) is 27.3. The minimum Gasteiger partial charge on any atom is -0.465 e. The Labute approximate surface area is 511 Å². The molecule has 11 atom stereocenters. The molecule has 0 aliphatic heterocycles. The van der Waals surface area contributed by atoms with E-state index in [1.165, 1.54) is 50.5 Å². The smallest absolute Gasteiger partial charge is 0.313 e. The highest BCUT2D eigenvalue weighted by Crippen LogP contribution is 2.67. The van der Waals surface area contributed by atoms with E-state index in [1.54, 1.807) is 0 Å². The summed E-state index contributed by atoms with van der Waals surface area (Å²) < 4.78 is 29.2. The highest BCUT2D eigenvalue weighted by atomic mass is 127. The fourth-order valence-electron chi connectivity index (χ4n) is 13.2. The molecule has 2 aromatic rings. The van der Waals surface area contributed by atoms with Crippen LogP contribution in [0.4, 0.5) is 11.4 Å². The zero-order valence-corrected chi connectivity index (χ0v) is 56.1. The average Bonchev–Trinajstić information content (AvgIpc) is 3.69. The first kappa shape index (κ1) is 61.3. The number of allylic oxidation sites excluding steroid dienone is 1. The van der Waals surface area contributed by atoms with E-state index in [2.05, 4.69) is 176 Å². The number of nitrogens with two attached hydrogens (primary N) is 2. The van der Waals surface area contributed by atoms with E-state index in [0.717, 1.165) is 87.8 Å². The summed E-state index contributed by atoms with van der Waals surface area (Å²) in [6, 6.07) is 3.97. The van der Waals surface area contributed by atoms with Gasteiger partial charge in [0, 0.05) is 34.3 Å². The molecule has 0 aromatic heterocycles. The molecule has 6 rings (SSSR count). The van der Waals surface area contributed by atoms with E-state index in [9.17, 15) is 19.2 Å². The quantitative estimate of drug-likeness (QED) is 0.0382. The molecule has 5 unspecified atom stereocenters. The van der Waals surface area contributed by atoms with Crippen LogP contribution in [-0.2, 0) is 44.5 Å². The van der Waals surface area contributed by atoms with Gasteiger partial charge in [0.05, 0.1) is 42.7 Å². The Morgan fingerprint density at radius 1 is 0.750 bits per heavy atom. The van der Waals surface area contributed by atoms with Gasteiger partial charge in [-0.2, -0.15) is 0 Å². The number of carbonyl (C=O) groups excluding carboxylic acids is 4. The number of benzene rings is 2. The van der Waals surface area contributed by atoms with Crippen molar-refractivity contribution in [3.8, 4) is 0 Å². The van der Waals surface area contributed by atoms with Crippen LogP contribution >= 0.6 is 136 Å². The molecule has 400 valence electrons. The molecule has 0 radical (unpaired) electrons. The molecule has 72 heavy (non-hydrogen) atoms. The lowest BCUT2D eigenvalue weighted by Gasteiger charge is -2.58. The molecule has 4 aliphatic carbocycles.